The zero-order valence-electron chi connectivity index (χ0n) is 13.5. The number of benzene rings is 2. The summed E-state index contributed by atoms with van der Waals surface area (Å²) >= 11 is 0. The molecule has 0 radical (unpaired) electrons. The van der Waals surface area contributed by atoms with E-state index in [0.29, 0.717) is 17.8 Å². The van der Waals surface area contributed by atoms with Crippen LogP contribution < -0.4 is 5.32 Å². The third-order valence-electron chi connectivity index (χ3n) is 3.62. The van der Waals surface area contributed by atoms with Crippen LogP contribution >= 0.6 is 0 Å². The first-order valence-corrected chi connectivity index (χ1v) is 7.67. The van der Waals surface area contributed by atoms with E-state index in [0.717, 1.165) is 6.42 Å². The van der Waals surface area contributed by atoms with Gasteiger partial charge in [0.1, 0.15) is 6.07 Å². The van der Waals surface area contributed by atoms with Crippen LogP contribution in [0.1, 0.15) is 23.6 Å². The Morgan fingerprint density at radius 2 is 1.78 bits per heavy atom. The van der Waals surface area contributed by atoms with Crippen LogP contribution in [0.4, 0.5) is 5.69 Å². The summed E-state index contributed by atoms with van der Waals surface area (Å²) in [5, 5.41) is 11.8. The molecule has 2 rings (SSSR count). The molecule has 1 amide bonds. The maximum atomic E-state index is 12.1. The first kappa shape index (κ1) is 16.7. The molecular formula is C19H21N3O. The van der Waals surface area contributed by atoms with Gasteiger partial charge in [-0.25, -0.2) is 0 Å². The Kier molecular flexibility index (Phi) is 5.90. The largest absolute Gasteiger partial charge is 0.324 e. The van der Waals surface area contributed by atoms with Gasteiger partial charge >= 0.3 is 0 Å². The highest BCUT2D eigenvalue weighted by Gasteiger charge is 2.09. The van der Waals surface area contributed by atoms with Crippen molar-refractivity contribution >= 4 is 11.6 Å². The fourth-order valence-corrected chi connectivity index (χ4v) is 2.37. The van der Waals surface area contributed by atoms with Gasteiger partial charge in [-0.2, -0.15) is 5.26 Å². The van der Waals surface area contributed by atoms with Crippen LogP contribution in [0.5, 0.6) is 0 Å². The molecular weight excluding hydrogens is 286 g/mol. The Hall–Kier alpha value is -2.64. The predicted molar refractivity (Wildman–Crippen MR) is 91.9 cm³/mol. The molecule has 0 saturated carbocycles. The molecule has 0 aliphatic carbocycles. The standard InChI is InChI=1S/C19H21N3O/c1-3-15-8-10-16(11-9-15)13-22(2)14-19(23)21-18-7-5-4-6-17(18)12-20/h4-11H,3,13-14H2,1-2H3,(H,21,23). The summed E-state index contributed by atoms with van der Waals surface area (Å²) in [4.78, 5) is 14.1. The quantitative estimate of drug-likeness (QED) is 0.891. The highest BCUT2D eigenvalue weighted by atomic mass is 16.2. The number of rotatable bonds is 6. The van der Waals surface area contributed by atoms with E-state index in [9.17, 15) is 4.79 Å². The van der Waals surface area contributed by atoms with Gasteiger partial charge in [-0.1, -0.05) is 43.3 Å². The van der Waals surface area contributed by atoms with E-state index < -0.39 is 0 Å². The van der Waals surface area contributed by atoms with Crippen molar-refractivity contribution in [3.05, 3.63) is 65.2 Å². The second kappa shape index (κ2) is 8.11. The molecule has 0 saturated heterocycles. The first-order chi connectivity index (χ1) is 11.1. The molecule has 0 atom stereocenters. The fourth-order valence-electron chi connectivity index (χ4n) is 2.37. The van der Waals surface area contributed by atoms with Gasteiger partial charge in [0.05, 0.1) is 17.8 Å². The number of hydrogen-bond donors (Lipinski definition) is 1. The van der Waals surface area contributed by atoms with E-state index in [1.54, 1.807) is 24.3 Å². The van der Waals surface area contributed by atoms with E-state index in [4.69, 9.17) is 5.26 Å². The van der Waals surface area contributed by atoms with Gasteiger partial charge in [0.2, 0.25) is 5.91 Å². The van der Waals surface area contributed by atoms with Crippen molar-refractivity contribution in [2.24, 2.45) is 0 Å². The van der Waals surface area contributed by atoms with Gasteiger partial charge in [0.25, 0.3) is 0 Å². The summed E-state index contributed by atoms with van der Waals surface area (Å²) in [6.07, 6.45) is 1.02. The number of nitriles is 1. The van der Waals surface area contributed by atoms with Crippen molar-refractivity contribution in [2.45, 2.75) is 19.9 Å². The number of para-hydroxylation sites is 1. The van der Waals surface area contributed by atoms with Gasteiger partial charge in [0, 0.05) is 6.54 Å². The van der Waals surface area contributed by atoms with Crippen molar-refractivity contribution in [1.82, 2.24) is 4.90 Å². The number of aryl methyl sites for hydroxylation is 1. The Balaban J connectivity index is 1.90. The molecule has 118 valence electrons. The van der Waals surface area contributed by atoms with Crippen molar-refractivity contribution in [3.8, 4) is 6.07 Å². The lowest BCUT2D eigenvalue weighted by Gasteiger charge is -2.17. The molecule has 0 heterocycles. The van der Waals surface area contributed by atoms with Gasteiger partial charge in [-0.15, -0.1) is 0 Å². The van der Waals surface area contributed by atoms with Crippen molar-refractivity contribution in [3.63, 3.8) is 0 Å². The van der Waals surface area contributed by atoms with Crippen LogP contribution in [-0.4, -0.2) is 24.4 Å². The second-order valence-corrected chi connectivity index (χ2v) is 5.55. The molecule has 0 aliphatic rings. The van der Waals surface area contributed by atoms with E-state index in [-0.39, 0.29) is 12.5 Å². The average molecular weight is 307 g/mol. The molecule has 4 nitrogen and oxygen atoms in total. The summed E-state index contributed by atoms with van der Waals surface area (Å²) in [6, 6.07) is 17.5. The molecule has 1 N–H and O–H groups in total. The number of nitrogens with zero attached hydrogens (tertiary/aromatic N) is 2. The summed E-state index contributed by atoms with van der Waals surface area (Å²) in [7, 11) is 1.91. The summed E-state index contributed by atoms with van der Waals surface area (Å²) in [6.45, 7) is 3.11. The molecule has 0 unspecified atom stereocenters. The van der Waals surface area contributed by atoms with Gasteiger partial charge in [0.15, 0.2) is 0 Å². The highest BCUT2D eigenvalue weighted by molar-refractivity contribution is 5.93. The minimum absolute atomic E-state index is 0.125. The molecule has 0 aliphatic heterocycles. The van der Waals surface area contributed by atoms with Crippen molar-refractivity contribution in [1.29, 1.82) is 5.26 Å². The lowest BCUT2D eigenvalue weighted by Crippen LogP contribution is -2.30. The topological polar surface area (TPSA) is 56.1 Å². The van der Waals surface area contributed by atoms with E-state index in [1.165, 1.54) is 11.1 Å². The Labute approximate surface area is 137 Å². The number of likely N-dealkylation sites (N-methyl/N-ethyl adjacent to an activating group) is 1. The first-order valence-electron chi connectivity index (χ1n) is 7.67. The fraction of sp³-hybridized carbons (Fsp3) is 0.263. The SMILES string of the molecule is CCc1ccc(CN(C)CC(=O)Nc2ccccc2C#N)cc1. The van der Waals surface area contributed by atoms with Gasteiger partial charge in [-0.05, 0) is 36.7 Å². The number of nitrogens with one attached hydrogen (secondary N) is 1. The summed E-state index contributed by atoms with van der Waals surface area (Å²) in [5.74, 6) is -0.125. The van der Waals surface area contributed by atoms with E-state index >= 15 is 0 Å². The lowest BCUT2D eigenvalue weighted by molar-refractivity contribution is -0.117. The molecule has 23 heavy (non-hydrogen) atoms. The maximum Gasteiger partial charge on any atom is 0.238 e. The van der Waals surface area contributed by atoms with Crippen molar-refractivity contribution < 1.29 is 4.79 Å². The summed E-state index contributed by atoms with van der Waals surface area (Å²) < 4.78 is 0. The Morgan fingerprint density at radius 1 is 1.13 bits per heavy atom. The van der Waals surface area contributed by atoms with Gasteiger partial charge in [-0.3, -0.25) is 9.69 Å². The van der Waals surface area contributed by atoms with E-state index in [2.05, 4.69) is 42.6 Å². The molecule has 4 heteroatoms. The third kappa shape index (κ3) is 4.94. The minimum Gasteiger partial charge on any atom is -0.324 e. The smallest absolute Gasteiger partial charge is 0.238 e. The number of carbonyl (C=O) groups is 1. The number of hydrogen-bond acceptors (Lipinski definition) is 3. The Bertz CT molecular complexity index is 701. The number of carbonyl (C=O) groups excluding carboxylic acids is 1. The molecule has 0 aromatic heterocycles. The molecule has 2 aromatic rings. The van der Waals surface area contributed by atoms with Crippen LogP contribution in [0.3, 0.4) is 0 Å². The van der Waals surface area contributed by atoms with Gasteiger partial charge < -0.3 is 5.32 Å². The predicted octanol–water partition coefficient (Wildman–Crippen LogP) is 3.19. The van der Waals surface area contributed by atoms with Crippen molar-refractivity contribution in [2.75, 3.05) is 18.9 Å². The Morgan fingerprint density at radius 3 is 2.43 bits per heavy atom. The molecule has 0 fully saturated rings. The second-order valence-electron chi connectivity index (χ2n) is 5.55. The van der Waals surface area contributed by atoms with Crippen LogP contribution in [-0.2, 0) is 17.8 Å². The summed E-state index contributed by atoms with van der Waals surface area (Å²) in [5.41, 5.74) is 3.51. The molecule has 0 spiro atoms. The van der Waals surface area contributed by atoms with Crippen LogP contribution in [0.15, 0.2) is 48.5 Å². The maximum absolute atomic E-state index is 12.1. The third-order valence-corrected chi connectivity index (χ3v) is 3.62. The van der Waals surface area contributed by atoms with Crippen LogP contribution in [0.2, 0.25) is 0 Å². The van der Waals surface area contributed by atoms with Crippen LogP contribution in [0, 0.1) is 11.3 Å². The molecule has 0 bridgehead atoms. The molecule has 2 aromatic carbocycles. The monoisotopic (exact) mass is 307 g/mol. The minimum atomic E-state index is -0.125. The average Bonchev–Trinajstić information content (AvgIpc) is 2.55. The lowest BCUT2D eigenvalue weighted by atomic mass is 10.1. The number of amides is 1. The highest BCUT2D eigenvalue weighted by Crippen LogP contribution is 2.13. The van der Waals surface area contributed by atoms with Crippen LogP contribution in [0.25, 0.3) is 0 Å². The number of anilines is 1. The zero-order chi connectivity index (χ0) is 16.7. The zero-order valence-corrected chi connectivity index (χ0v) is 13.5. The normalized spacial score (nSPS) is 10.3. The van der Waals surface area contributed by atoms with E-state index in [1.807, 2.05) is 11.9 Å².